The maximum atomic E-state index is 14.7. The first-order valence-electron chi connectivity index (χ1n) is 9.59. The van der Waals surface area contributed by atoms with E-state index in [9.17, 15) is 8.78 Å². The third kappa shape index (κ3) is 2.80. The van der Waals surface area contributed by atoms with E-state index >= 15 is 0 Å². The van der Waals surface area contributed by atoms with Crippen molar-refractivity contribution < 1.29 is 18.3 Å². The summed E-state index contributed by atoms with van der Waals surface area (Å²) in [7, 11) is 0. The number of nitrogens with one attached hydrogen (secondary N) is 1. The van der Waals surface area contributed by atoms with Crippen LogP contribution < -0.4 is 14.8 Å². The van der Waals surface area contributed by atoms with E-state index in [1.54, 1.807) is 16.5 Å². The molecule has 156 valence electrons. The summed E-state index contributed by atoms with van der Waals surface area (Å²) in [6.45, 7) is 0.928. The van der Waals surface area contributed by atoms with E-state index in [0.717, 1.165) is 11.8 Å². The number of ether oxygens (including phenoxy) is 2. The van der Waals surface area contributed by atoms with Crippen LogP contribution >= 0.6 is 11.6 Å². The van der Waals surface area contributed by atoms with Crippen molar-refractivity contribution in [3.63, 3.8) is 0 Å². The van der Waals surface area contributed by atoms with Crippen molar-refractivity contribution in [1.29, 1.82) is 0 Å². The van der Waals surface area contributed by atoms with Crippen molar-refractivity contribution in [3.05, 3.63) is 64.6 Å². The highest BCUT2D eigenvalue weighted by atomic mass is 35.5. The SMILES string of the molecule is Fc1cnc(-c2cc3c(n4cnnc24)NCc2c(F)ccc4c2[C@@H](CO4)CO3)c(Cl)c1. The van der Waals surface area contributed by atoms with Crippen LogP contribution in [0.5, 0.6) is 11.5 Å². The predicted octanol–water partition coefficient (Wildman–Crippen LogP) is 4.20. The van der Waals surface area contributed by atoms with Gasteiger partial charge in [0, 0.05) is 17.7 Å². The minimum Gasteiger partial charge on any atom is -0.493 e. The van der Waals surface area contributed by atoms with E-state index in [2.05, 4.69) is 20.5 Å². The molecule has 0 radical (unpaired) electrons. The average molecular weight is 442 g/mol. The number of hydrogen-bond acceptors (Lipinski definition) is 6. The zero-order chi connectivity index (χ0) is 21.1. The van der Waals surface area contributed by atoms with Crippen LogP contribution in [0, 0.1) is 11.6 Å². The molecule has 5 heterocycles. The second kappa shape index (κ2) is 6.78. The smallest absolute Gasteiger partial charge is 0.171 e. The van der Waals surface area contributed by atoms with Crippen molar-refractivity contribution in [1.82, 2.24) is 19.6 Å². The predicted molar refractivity (Wildman–Crippen MR) is 109 cm³/mol. The van der Waals surface area contributed by atoms with Crippen LogP contribution in [0.3, 0.4) is 0 Å². The monoisotopic (exact) mass is 441 g/mol. The Morgan fingerprint density at radius 3 is 2.81 bits per heavy atom. The Hall–Kier alpha value is -3.46. The van der Waals surface area contributed by atoms with Crippen LogP contribution in [0.1, 0.15) is 17.0 Å². The summed E-state index contributed by atoms with van der Waals surface area (Å²) >= 11 is 6.26. The van der Waals surface area contributed by atoms with E-state index in [-0.39, 0.29) is 29.9 Å². The van der Waals surface area contributed by atoms with E-state index < -0.39 is 5.82 Å². The lowest BCUT2D eigenvalue weighted by atomic mass is 9.96. The molecule has 1 aromatic carbocycles. The Bertz CT molecular complexity index is 1360. The third-order valence-electron chi connectivity index (χ3n) is 5.58. The minimum atomic E-state index is -0.538. The highest BCUT2D eigenvalue weighted by molar-refractivity contribution is 6.33. The van der Waals surface area contributed by atoms with Gasteiger partial charge in [0.2, 0.25) is 0 Å². The average Bonchev–Trinajstić information content (AvgIpc) is 3.40. The lowest BCUT2D eigenvalue weighted by Gasteiger charge is -2.16. The number of pyridine rings is 2. The summed E-state index contributed by atoms with van der Waals surface area (Å²) in [5.41, 5.74) is 2.72. The largest absolute Gasteiger partial charge is 0.493 e. The molecule has 31 heavy (non-hydrogen) atoms. The van der Waals surface area contributed by atoms with Crippen LogP contribution in [-0.2, 0) is 6.54 Å². The molecule has 0 amide bonds. The van der Waals surface area contributed by atoms with Gasteiger partial charge in [-0.2, -0.15) is 0 Å². The third-order valence-corrected chi connectivity index (χ3v) is 5.87. The van der Waals surface area contributed by atoms with Gasteiger partial charge in [-0.25, -0.2) is 8.78 Å². The summed E-state index contributed by atoms with van der Waals surface area (Å²) in [5.74, 6) is 0.787. The van der Waals surface area contributed by atoms with E-state index in [0.29, 0.717) is 46.4 Å². The van der Waals surface area contributed by atoms with Crippen molar-refractivity contribution in [3.8, 4) is 22.8 Å². The molecule has 1 N–H and O–H groups in total. The van der Waals surface area contributed by atoms with Gasteiger partial charge < -0.3 is 14.8 Å². The first-order chi connectivity index (χ1) is 15.1. The molecule has 10 heteroatoms. The van der Waals surface area contributed by atoms with Gasteiger partial charge in [0.05, 0.1) is 41.6 Å². The van der Waals surface area contributed by atoms with Crippen molar-refractivity contribution >= 4 is 23.1 Å². The fraction of sp³-hybridized carbons (Fsp3) is 0.190. The van der Waals surface area contributed by atoms with Crippen LogP contribution in [0.25, 0.3) is 16.9 Å². The molecule has 6 rings (SSSR count). The number of anilines is 1. The summed E-state index contributed by atoms with van der Waals surface area (Å²) < 4.78 is 41.8. The molecular weight excluding hydrogens is 428 g/mol. The number of halogens is 3. The van der Waals surface area contributed by atoms with E-state index in [4.69, 9.17) is 21.1 Å². The lowest BCUT2D eigenvalue weighted by Crippen LogP contribution is -2.13. The summed E-state index contributed by atoms with van der Waals surface area (Å²) in [4.78, 5) is 4.14. The van der Waals surface area contributed by atoms with Gasteiger partial charge in [0.1, 0.15) is 23.7 Å². The number of nitrogens with zero attached hydrogens (tertiary/aromatic N) is 4. The van der Waals surface area contributed by atoms with Crippen LogP contribution in [0.15, 0.2) is 36.8 Å². The number of hydrogen-bond donors (Lipinski definition) is 1. The van der Waals surface area contributed by atoms with Gasteiger partial charge in [0.25, 0.3) is 0 Å². The lowest BCUT2D eigenvalue weighted by molar-refractivity contribution is 0.249. The van der Waals surface area contributed by atoms with Gasteiger partial charge in [-0.3, -0.25) is 9.38 Å². The molecule has 0 saturated heterocycles. The fourth-order valence-electron chi connectivity index (χ4n) is 4.17. The highest BCUT2D eigenvalue weighted by Gasteiger charge is 2.31. The number of benzene rings is 1. The fourth-order valence-corrected chi connectivity index (χ4v) is 4.43. The molecule has 0 unspecified atom stereocenters. The van der Waals surface area contributed by atoms with Gasteiger partial charge >= 0.3 is 0 Å². The molecule has 0 aliphatic carbocycles. The molecule has 4 aromatic rings. The summed E-state index contributed by atoms with van der Waals surface area (Å²) in [6.07, 6.45) is 2.61. The van der Waals surface area contributed by atoms with Gasteiger partial charge in [0.15, 0.2) is 17.2 Å². The first-order valence-corrected chi connectivity index (χ1v) is 9.97. The molecular formula is C21H14ClF2N5O2. The molecule has 0 bridgehead atoms. The normalized spacial score (nSPS) is 16.9. The van der Waals surface area contributed by atoms with Crippen LogP contribution in [0.4, 0.5) is 14.6 Å². The standard InChI is InChI=1S/C21H14ClF2N5O2/c22-14-3-11(23)5-25-19(14)12-4-17-21(29-9-27-28-20(12)29)26-6-13-15(24)1-2-16-18(13)10(7-30-16)8-31-17/h1-5,9-10,26H,6-8H2/t10-/m0/s1. The van der Waals surface area contributed by atoms with E-state index in [1.165, 1.54) is 18.5 Å². The molecule has 0 spiro atoms. The molecule has 2 aliphatic rings. The molecule has 1 atom stereocenters. The number of aromatic nitrogens is 4. The van der Waals surface area contributed by atoms with Crippen molar-refractivity contribution in [2.45, 2.75) is 12.5 Å². The highest BCUT2D eigenvalue weighted by Crippen LogP contribution is 2.42. The van der Waals surface area contributed by atoms with E-state index in [1.807, 2.05) is 0 Å². The number of fused-ring (bicyclic) bond motifs is 3. The maximum Gasteiger partial charge on any atom is 0.171 e. The second-order valence-corrected chi connectivity index (χ2v) is 7.80. The Labute approximate surface area is 179 Å². The molecule has 0 fully saturated rings. The zero-order valence-electron chi connectivity index (χ0n) is 15.9. The zero-order valence-corrected chi connectivity index (χ0v) is 16.7. The van der Waals surface area contributed by atoms with Gasteiger partial charge in [-0.15, -0.1) is 10.2 Å². The molecule has 2 aliphatic heterocycles. The van der Waals surface area contributed by atoms with Crippen molar-refractivity contribution in [2.75, 3.05) is 18.5 Å². The molecule has 0 saturated carbocycles. The maximum absolute atomic E-state index is 14.7. The first kappa shape index (κ1) is 18.3. The van der Waals surface area contributed by atoms with Gasteiger partial charge in [-0.05, 0) is 24.3 Å². The number of rotatable bonds is 1. The second-order valence-electron chi connectivity index (χ2n) is 7.39. The summed E-state index contributed by atoms with van der Waals surface area (Å²) in [6, 6.07) is 5.99. The van der Waals surface area contributed by atoms with Crippen LogP contribution in [0.2, 0.25) is 5.02 Å². The minimum absolute atomic E-state index is 0.110. The van der Waals surface area contributed by atoms with Crippen molar-refractivity contribution in [2.24, 2.45) is 0 Å². The summed E-state index contributed by atoms with van der Waals surface area (Å²) in [5, 5.41) is 11.6. The van der Waals surface area contributed by atoms with Crippen LogP contribution in [-0.4, -0.2) is 32.8 Å². The molecule has 7 nitrogen and oxygen atoms in total. The molecule has 3 aromatic heterocycles. The Morgan fingerprint density at radius 2 is 1.97 bits per heavy atom. The Balaban J connectivity index is 1.53. The Kier molecular flexibility index (Phi) is 4.01. The topological polar surface area (TPSA) is 73.6 Å². The quantitative estimate of drug-likeness (QED) is 0.477. The Morgan fingerprint density at radius 1 is 1.13 bits per heavy atom. The van der Waals surface area contributed by atoms with Gasteiger partial charge in [-0.1, -0.05) is 11.6 Å².